The number of hydrogen-bond donors (Lipinski definition) is 2. The maximum Gasteiger partial charge on any atom is 0.236 e. The van der Waals surface area contributed by atoms with Gasteiger partial charge in [-0.05, 0) is 19.1 Å². The van der Waals surface area contributed by atoms with E-state index >= 15 is 0 Å². The molecular formula is C13H16Cl2N2O2. The van der Waals surface area contributed by atoms with Crippen molar-refractivity contribution in [3.05, 3.63) is 27.7 Å². The quantitative estimate of drug-likeness (QED) is 0.902. The molecule has 0 spiro atoms. The van der Waals surface area contributed by atoms with Gasteiger partial charge in [0.05, 0.1) is 17.7 Å². The molecule has 2 rings (SSSR count). The fourth-order valence-corrected chi connectivity index (χ4v) is 2.76. The van der Waals surface area contributed by atoms with Crippen LogP contribution in [-0.2, 0) is 4.79 Å². The predicted octanol–water partition coefficient (Wildman–Crippen LogP) is 2.54. The van der Waals surface area contributed by atoms with Crippen molar-refractivity contribution in [2.75, 3.05) is 13.7 Å². The van der Waals surface area contributed by atoms with E-state index in [9.17, 15) is 4.79 Å². The number of amides is 1. The highest BCUT2D eigenvalue weighted by molar-refractivity contribution is 6.35. The van der Waals surface area contributed by atoms with Gasteiger partial charge in [0.15, 0.2) is 0 Å². The second-order valence-electron chi connectivity index (χ2n) is 4.50. The van der Waals surface area contributed by atoms with Gasteiger partial charge in [-0.2, -0.15) is 0 Å². The molecule has 19 heavy (non-hydrogen) atoms. The number of carbonyl (C=O) groups excluding carboxylic acids is 1. The minimum atomic E-state index is -0.293. The van der Waals surface area contributed by atoms with E-state index in [0.29, 0.717) is 22.4 Å². The average Bonchev–Trinajstić information content (AvgIpc) is 2.38. The molecule has 0 saturated carbocycles. The molecule has 0 bridgehead atoms. The Hall–Kier alpha value is -0.970. The van der Waals surface area contributed by atoms with Crippen molar-refractivity contribution < 1.29 is 9.53 Å². The van der Waals surface area contributed by atoms with Crippen LogP contribution in [0, 0.1) is 0 Å². The lowest BCUT2D eigenvalue weighted by Crippen LogP contribution is -2.43. The molecule has 1 aliphatic heterocycles. The number of hydrogen-bond acceptors (Lipinski definition) is 3. The average molecular weight is 303 g/mol. The zero-order valence-corrected chi connectivity index (χ0v) is 12.3. The lowest BCUT2D eigenvalue weighted by Gasteiger charge is -2.29. The topological polar surface area (TPSA) is 50.4 Å². The van der Waals surface area contributed by atoms with Crippen LogP contribution in [0.5, 0.6) is 5.75 Å². The normalized spacial score (nSPS) is 19.3. The number of nitrogens with one attached hydrogen (secondary N) is 2. The Balaban J connectivity index is 2.25. The second kappa shape index (κ2) is 5.99. The number of halogens is 2. The molecule has 1 aromatic carbocycles. The Morgan fingerprint density at radius 1 is 1.47 bits per heavy atom. The van der Waals surface area contributed by atoms with E-state index in [0.717, 1.165) is 12.0 Å². The summed E-state index contributed by atoms with van der Waals surface area (Å²) in [7, 11) is 1.62. The van der Waals surface area contributed by atoms with Crippen LogP contribution in [0.4, 0.5) is 0 Å². The first kappa shape index (κ1) is 14.4. The largest absolute Gasteiger partial charge is 0.492 e. The minimum absolute atomic E-state index is 0.00671. The molecule has 0 saturated heterocycles. The second-order valence-corrected chi connectivity index (χ2v) is 5.34. The molecule has 1 aromatic rings. The van der Waals surface area contributed by atoms with Crippen LogP contribution in [0.3, 0.4) is 0 Å². The lowest BCUT2D eigenvalue weighted by atomic mass is 9.99. The Bertz CT molecular complexity index is 494. The van der Waals surface area contributed by atoms with Crippen molar-refractivity contribution in [2.45, 2.75) is 25.4 Å². The summed E-state index contributed by atoms with van der Waals surface area (Å²) in [5.41, 5.74) is 0.902. The molecular weight excluding hydrogens is 287 g/mol. The summed E-state index contributed by atoms with van der Waals surface area (Å²) < 4.78 is 5.58. The van der Waals surface area contributed by atoms with E-state index in [4.69, 9.17) is 27.9 Å². The maximum atomic E-state index is 11.6. The van der Waals surface area contributed by atoms with Crippen molar-refractivity contribution in [3.63, 3.8) is 0 Å². The zero-order valence-electron chi connectivity index (χ0n) is 10.8. The zero-order chi connectivity index (χ0) is 14.0. The first-order chi connectivity index (χ1) is 9.02. The van der Waals surface area contributed by atoms with Crippen molar-refractivity contribution in [3.8, 4) is 5.75 Å². The van der Waals surface area contributed by atoms with Crippen molar-refractivity contribution in [1.82, 2.24) is 10.6 Å². The highest BCUT2D eigenvalue weighted by Crippen LogP contribution is 2.40. The third kappa shape index (κ3) is 3.14. The molecule has 1 amide bonds. The standard InChI is InChI=1S/C13H16Cl2N2O2/c1-7(13(18)16-2)17-11-3-4-19-12-9(11)5-8(14)6-10(12)15/h5-7,11,17H,3-4H2,1-2H3,(H,16,18). The number of fused-ring (bicyclic) bond motifs is 1. The van der Waals surface area contributed by atoms with Crippen LogP contribution in [0.1, 0.15) is 24.9 Å². The van der Waals surface area contributed by atoms with Gasteiger partial charge in [-0.25, -0.2) is 0 Å². The first-order valence-corrected chi connectivity index (χ1v) is 6.88. The monoisotopic (exact) mass is 302 g/mol. The smallest absolute Gasteiger partial charge is 0.236 e. The lowest BCUT2D eigenvalue weighted by molar-refractivity contribution is -0.122. The number of ether oxygens (including phenoxy) is 1. The fraction of sp³-hybridized carbons (Fsp3) is 0.462. The van der Waals surface area contributed by atoms with Gasteiger partial charge in [0.2, 0.25) is 5.91 Å². The van der Waals surface area contributed by atoms with E-state index in [2.05, 4.69) is 10.6 Å². The van der Waals surface area contributed by atoms with Gasteiger partial charge >= 0.3 is 0 Å². The molecule has 4 nitrogen and oxygen atoms in total. The van der Waals surface area contributed by atoms with Crippen LogP contribution in [-0.4, -0.2) is 25.6 Å². The van der Waals surface area contributed by atoms with Gasteiger partial charge in [-0.1, -0.05) is 23.2 Å². The molecule has 2 N–H and O–H groups in total. The Morgan fingerprint density at radius 2 is 2.21 bits per heavy atom. The van der Waals surface area contributed by atoms with Gasteiger partial charge < -0.3 is 10.1 Å². The summed E-state index contributed by atoms with van der Waals surface area (Å²) in [6.45, 7) is 2.38. The highest BCUT2D eigenvalue weighted by Gasteiger charge is 2.26. The van der Waals surface area contributed by atoms with Crippen molar-refractivity contribution >= 4 is 29.1 Å². The molecule has 2 atom stereocenters. The van der Waals surface area contributed by atoms with E-state index in [-0.39, 0.29) is 18.0 Å². The van der Waals surface area contributed by atoms with Crippen molar-refractivity contribution in [2.24, 2.45) is 0 Å². The van der Waals surface area contributed by atoms with E-state index in [1.807, 2.05) is 13.0 Å². The van der Waals surface area contributed by atoms with E-state index in [1.54, 1.807) is 13.1 Å². The molecule has 0 fully saturated rings. The molecule has 1 aliphatic rings. The number of rotatable bonds is 3. The van der Waals surface area contributed by atoms with Crippen LogP contribution < -0.4 is 15.4 Å². The third-order valence-electron chi connectivity index (χ3n) is 3.16. The van der Waals surface area contributed by atoms with Gasteiger partial charge in [-0.3, -0.25) is 10.1 Å². The summed E-state index contributed by atoms with van der Waals surface area (Å²) in [6, 6.07) is 3.20. The number of benzene rings is 1. The van der Waals surface area contributed by atoms with Crippen molar-refractivity contribution in [1.29, 1.82) is 0 Å². The predicted molar refractivity (Wildman–Crippen MR) is 76.0 cm³/mol. The van der Waals surface area contributed by atoms with Crippen LogP contribution in [0.25, 0.3) is 0 Å². The highest BCUT2D eigenvalue weighted by atomic mass is 35.5. The molecule has 2 unspecified atom stereocenters. The molecule has 0 radical (unpaired) electrons. The fourth-order valence-electron chi connectivity index (χ4n) is 2.19. The van der Waals surface area contributed by atoms with Gasteiger partial charge in [0, 0.05) is 30.1 Å². The van der Waals surface area contributed by atoms with Gasteiger partial charge in [0.25, 0.3) is 0 Å². The van der Waals surface area contributed by atoms with E-state index < -0.39 is 0 Å². The molecule has 0 aliphatic carbocycles. The van der Waals surface area contributed by atoms with Gasteiger partial charge in [0.1, 0.15) is 5.75 Å². The van der Waals surface area contributed by atoms with Gasteiger partial charge in [-0.15, -0.1) is 0 Å². The third-order valence-corrected chi connectivity index (χ3v) is 3.66. The van der Waals surface area contributed by atoms with E-state index in [1.165, 1.54) is 0 Å². The number of carbonyl (C=O) groups is 1. The molecule has 1 heterocycles. The Labute approximate surface area is 122 Å². The van der Waals surface area contributed by atoms with Crippen LogP contribution >= 0.6 is 23.2 Å². The Kier molecular flexibility index (Phi) is 4.55. The summed E-state index contributed by atoms with van der Waals surface area (Å²) in [4.78, 5) is 11.6. The molecule has 0 aromatic heterocycles. The molecule has 104 valence electrons. The number of likely N-dealkylation sites (N-methyl/N-ethyl adjacent to an activating group) is 1. The summed E-state index contributed by atoms with van der Waals surface area (Å²) in [6.07, 6.45) is 0.769. The Morgan fingerprint density at radius 3 is 2.89 bits per heavy atom. The maximum absolute atomic E-state index is 11.6. The summed E-state index contributed by atoms with van der Waals surface area (Å²) >= 11 is 12.1. The summed E-state index contributed by atoms with van der Waals surface area (Å²) in [5, 5.41) is 6.95. The first-order valence-electron chi connectivity index (χ1n) is 6.12. The van der Waals surface area contributed by atoms with Crippen LogP contribution in [0.2, 0.25) is 10.0 Å². The molecule has 6 heteroatoms. The van der Waals surface area contributed by atoms with Crippen LogP contribution in [0.15, 0.2) is 12.1 Å². The summed E-state index contributed by atoms with van der Waals surface area (Å²) in [5.74, 6) is 0.597. The SMILES string of the molecule is CNC(=O)C(C)NC1CCOc2c(Cl)cc(Cl)cc21. The minimum Gasteiger partial charge on any atom is -0.492 e.